The summed E-state index contributed by atoms with van der Waals surface area (Å²) >= 11 is -2.69. The molecular formula is C37H36Cl2Zr. The molecule has 202 valence electrons. The van der Waals surface area contributed by atoms with E-state index in [9.17, 15) is 0 Å². The molecule has 2 aliphatic carbocycles. The maximum atomic E-state index is 2.59. The van der Waals surface area contributed by atoms with Crippen molar-refractivity contribution in [3.05, 3.63) is 152 Å². The van der Waals surface area contributed by atoms with E-state index in [0.29, 0.717) is 15.5 Å². The Balaban J connectivity index is 0.00000185. The molecule has 0 nitrogen and oxygen atoms in total. The minimum Gasteiger partial charge on any atom is -1.00 e. The molecule has 6 rings (SSSR count). The number of hydrogen-bond acceptors (Lipinski definition) is 0. The van der Waals surface area contributed by atoms with Gasteiger partial charge in [-0.15, -0.1) is 0 Å². The molecule has 0 N–H and O–H groups in total. The van der Waals surface area contributed by atoms with Crippen LogP contribution in [0.3, 0.4) is 0 Å². The third-order valence-corrected chi connectivity index (χ3v) is 16.7. The van der Waals surface area contributed by atoms with Crippen LogP contribution >= 0.6 is 0 Å². The van der Waals surface area contributed by atoms with Crippen LogP contribution in [0.2, 0.25) is 0 Å². The van der Waals surface area contributed by atoms with Gasteiger partial charge in [-0.05, 0) is 0 Å². The topological polar surface area (TPSA) is 0 Å². The van der Waals surface area contributed by atoms with Crippen LogP contribution in [0.4, 0.5) is 0 Å². The van der Waals surface area contributed by atoms with Gasteiger partial charge in [0.05, 0.1) is 0 Å². The van der Waals surface area contributed by atoms with E-state index in [-0.39, 0.29) is 24.8 Å². The summed E-state index contributed by atoms with van der Waals surface area (Å²) < 4.78 is 3.89. The monoisotopic (exact) mass is 640 g/mol. The van der Waals surface area contributed by atoms with Crippen LogP contribution in [0, 0.1) is 11.8 Å². The Bertz CT molecular complexity index is 1490. The van der Waals surface area contributed by atoms with Crippen LogP contribution in [0.25, 0.3) is 11.1 Å². The third kappa shape index (κ3) is 5.59. The Morgan fingerprint density at radius 3 is 1.50 bits per heavy atom. The van der Waals surface area contributed by atoms with Gasteiger partial charge >= 0.3 is 237 Å². The summed E-state index contributed by atoms with van der Waals surface area (Å²) in [4.78, 5) is 0. The van der Waals surface area contributed by atoms with Gasteiger partial charge in [-0.25, -0.2) is 0 Å². The Morgan fingerprint density at radius 2 is 1.05 bits per heavy atom. The second-order valence-electron chi connectivity index (χ2n) is 11.3. The Hall–Kier alpha value is -2.31. The molecule has 4 aromatic rings. The zero-order chi connectivity index (χ0) is 26.2. The van der Waals surface area contributed by atoms with Gasteiger partial charge in [-0.2, -0.15) is 0 Å². The maximum absolute atomic E-state index is 2.69. The fourth-order valence-corrected chi connectivity index (χ4v) is 16.4. The Morgan fingerprint density at radius 1 is 0.600 bits per heavy atom. The first-order valence-corrected chi connectivity index (χ1v) is 17.9. The minimum atomic E-state index is -2.69. The van der Waals surface area contributed by atoms with Gasteiger partial charge in [0.25, 0.3) is 0 Å². The average molecular weight is 643 g/mol. The molecule has 0 amide bonds. The largest absolute Gasteiger partial charge is 1.00 e. The van der Waals surface area contributed by atoms with Crippen molar-refractivity contribution in [1.82, 2.24) is 0 Å². The summed E-state index contributed by atoms with van der Waals surface area (Å²) in [5.74, 6) is 1.10. The van der Waals surface area contributed by atoms with Gasteiger partial charge in [-0.1, -0.05) is 0 Å². The molecular weight excluding hydrogens is 607 g/mol. The zero-order valence-electron chi connectivity index (χ0n) is 23.7. The molecule has 0 saturated carbocycles. The number of allylic oxidation sites excluding steroid dienone is 4. The first-order valence-electron chi connectivity index (χ1n) is 14.0. The van der Waals surface area contributed by atoms with Crippen molar-refractivity contribution in [3.63, 3.8) is 0 Å². The molecule has 0 fully saturated rings. The van der Waals surface area contributed by atoms with E-state index in [1.165, 1.54) is 22.3 Å². The standard InChI is InChI=1S/C13H9.C13H10.C11H17.2ClH.Zr/c1-3-7-12-10(5-1)9-11-6-2-4-8-13(11)12;1-3-7-12(8-4-1)11-13-9-5-2-6-10-13;1-8(2)10-5-6-11(7-10)9(3)4;;;/h1-9H;1-10H;7-9H,5H2,1-4H3;2*1H;/q;;;;;+2/p-2. The van der Waals surface area contributed by atoms with Gasteiger partial charge < -0.3 is 24.8 Å². The van der Waals surface area contributed by atoms with E-state index in [1.54, 1.807) is 28.8 Å². The fraction of sp³-hybridized carbons (Fsp3) is 0.216. The summed E-state index contributed by atoms with van der Waals surface area (Å²) in [5.41, 5.74) is 12.0. The van der Waals surface area contributed by atoms with Gasteiger partial charge in [0.1, 0.15) is 0 Å². The second-order valence-corrected chi connectivity index (χ2v) is 17.4. The molecule has 2 aliphatic rings. The second kappa shape index (κ2) is 13.1. The molecule has 0 heterocycles. The Kier molecular flexibility index (Phi) is 10.1. The van der Waals surface area contributed by atoms with Crippen molar-refractivity contribution in [2.75, 3.05) is 0 Å². The van der Waals surface area contributed by atoms with E-state index in [0.717, 1.165) is 6.42 Å². The summed E-state index contributed by atoms with van der Waals surface area (Å²) in [5, 5.41) is 0. The van der Waals surface area contributed by atoms with Crippen molar-refractivity contribution in [3.8, 4) is 11.1 Å². The summed E-state index contributed by atoms with van der Waals surface area (Å²) in [6.07, 6.45) is 3.73. The van der Waals surface area contributed by atoms with E-state index in [4.69, 9.17) is 0 Å². The molecule has 0 radical (unpaired) electrons. The van der Waals surface area contributed by atoms with Crippen LogP contribution in [0.5, 0.6) is 0 Å². The van der Waals surface area contributed by atoms with Gasteiger partial charge in [0, 0.05) is 0 Å². The van der Waals surface area contributed by atoms with E-state index >= 15 is 0 Å². The van der Waals surface area contributed by atoms with Crippen molar-refractivity contribution < 1.29 is 46.1 Å². The van der Waals surface area contributed by atoms with E-state index in [2.05, 4.69) is 143 Å². The number of hydrogen-bond donors (Lipinski definition) is 0. The minimum absolute atomic E-state index is 0. The molecule has 0 bridgehead atoms. The Labute approximate surface area is 260 Å². The number of halogens is 2. The molecule has 0 spiro atoms. The molecule has 0 atom stereocenters. The quantitative estimate of drug-likeness (QED) is 0.302. The van der Waals surface area contributed by atoms with Crippen LogP contribution < -0.4 is 24.8 Å². The SMILES string of the molecule is CC(C)C1=CC(C(C)C)=[C]([Zr+2](=[C](c2ccccc2)c2ccccc2)[CH]2c3ccccc3-c3ccccc32)C1.[Cl-].[Cl-]. The normalized spacial score (nSPS) is 13.7. The van der Waals surface area contributed by atoms with Crippen molar-refractivity contribution >= 4 is 3.21 Å². The first kappa shape index (κ1) is 30.6. The summed E-state index contributed by atoms with van der Waals surface area (Å²) in [6, 6.07) is 41.1. The smallest absolute Gasteiger partial charge is 1.00 e. The predicted molar refractivity (Wildman–Crippen MR) is 159 cm³/mol. The maximum Gasteiger partial charge on any atom is -1.00 e. The van der Waals surface area contributed by atoms with Crippen LogP contribution in [0.1, 0.15) is 60.0 Å². The molecule has 40 heavy (non-hydrogen) atoms. The van der Waals surface area contributed by atoms with E-state index < -0.39 is 21.3 Å². The van der Waals surface area contributed by atoms with Gasteiger partial charge in [-0.3, -0.25) is 0 Å². The number of rotatable bonds is 6. The fourth-order valence-electron chi connectivity index (χ4n) is 6.40. The van der Waals surface area contributed by atoms with E-state index in [1.807, 2.05) is 0 Å². The van der Waals surface area contributed by atoms with Crippen molar-refractivity contribution in [2.45, 2.75) is 37.7 Å². The number of fused-ring (bicyclic) bond motifs is 3. The molecule has 0 saturated heterocycles. The summed E-state index contributed by atoms with van der Waals surface area (Å²) in [7, 11) is 0. The zero-order valence-corrected chi connectivity index (χ0v) is 27.6. The molecule has 4 aromatic carbocycles. The van der Waals surface area contributed by atoms with Crippen LogP contribution in [-0.4, -0.2) is 3.21 Å². The van der Waals surface area contributed by atoms with Crippen molar-refractivity contribution in [1.29, 1.82) is 0 Å². The average Bonchev–Trinajstić information content (AvgIpc) is 3.54. The molecule has 3 heteroatoms. The van der Waals surface area contributed by atoms with Crippen LogP contribution in [-0.2, 0) is 21.3 Å². The molecule has 0 aromatic heterocycles. The number of benzene rings is 4. The molecule has 0 unspecified atom stereocenters. The van der Waals surface area contributed by atoms with Crippen molar-refractivity contribution in [2.24, 2.45) is 11.8 Å². The van der Waals surface area contributed by atoms with Crippen LogP contribution in [0.15, 0.2) is 130 Å². The summed E-state index contributed by atoms with van der Waals surface area (Å²) in [6.45, 7) is 9.54. The predicted octanol–water partition coefficient (Wildman–Crippen LogP) is 3.55. The van der Waals surface area contributed by atoms with Gasteiger partial charge in [0.15, 0.2) is 0 Å². The van der Waals surface area contributed by atoms with Gasteiger partial charge in [0.2, 0.25) is 0 Å². The first-order chi connectivity index (χ1) is 18.5. The third-order valence-electron chi connectivity index (χ3n) is 8.28. The molecule has 0 aliphatic heterocycles.